The molecule has 0 aliphatic heterocycles. The van der Waals surface area contributed by atoms with E-state index in [1.807, 2.05) is 13.8 Å². The van der Waals surface area contributed by atoms with E-state index in [0.717, 1.165) is 16.6 Å². The second-order valence-corrected chi connectivity index (χ2v) is 5.08. The molecule has 1 aromatic heterocycles. The number of rotatable bonds is 5. The number of nitrogens with zero attached hydrogens (tertiary/aromatic N) is 1. The Morgan fingerprint density at radius 3 is 2.65 bits per heavy atom. The first-order valence-corrected chi connectivity index (χ1v) is 6.76. The first kappa shape index (κ1) is 14.6. The molecule has 7 heteroatoms. The Morgan fingerprint density at radius 1 is 1.35 bits per heavy atom. The minimum absolute atomic E-state index is 0.0521. The number of ether oxygens (including phenoxy) is 1. The van der Waals surface area contributed by atoms with Crippen molar-refractivity contribution in [1.29, 1.82) is 0 Å². The maximum absolute atomic E-state index is 13.6. The molecule has 1 N–H and O–H groups in total. The number of hydrogen-bond acceptors (Lipinski definition) is 4. The van der Waals surface area contributed by atoms with Gasteiger partial charge >= 0.3 is 6.61 Å². The average Bonchev–Trinajstić information content (AvgIpc) is 2.78. The second kappa shape index (κ2) is 6.13. The summed E-state index contributed by atoms with van der Waals surface area (Å²) in [5.41, 5.74) is 3.14. The zero-order valence-electron chi connectivity index (χ0n) is 10.9. The number of hydrogen-bond donors (Lipinski definition) is 1. The molecule has 0 saturated heterocycles. The number of halogens is 3. The summed E-state index contributed by atoms with van der Waals surface area (Å²) in [4.78, 5) is 5.18. The molecular weight excluding hydrogens is 289 g/mol. The van der Waals surface area contributed by atoms with E-state index >= 15 is 0 Å². The molecule has 0 spiro atoms. The van der Waals surface area contributed by atoms with E-state index in [0.29, 0.717) is 5.69 Å². The molecule has 20 heavy (non-hydrogen) atoms. The fourth-order valence-electron chi connectivity index (χ4n) is 1.82. The Labute approximate surface area is 118 Å². The normalized spacial score (nSPS) is 12.5. The number of benzene rings is 1. The highest BCUT2D eigenvalue weighted by Gasteiger charge is 2.13. The topological polar surface area (TPSA) is 34.2 Å². The smallest absolute Gasteiger partial charge is 0.387 e. The fraction of sp³-hybridized carbons (Fsp3) is 0.308. The Kier molecular flexibility index (Phi) is 4.49. The van der Waals surface area contributed by atoms with Crippen LogP contribution in [0.5, 0.6) is 5.75 Å². The molecule has 108 valence electrons. The van der Waals surface area contributed by atoms with E-state index in [9.17, 15) is 13.2 Å². The van der Waals surface area contributed by atoms with Gasteiger partial charge in [-0.25, -0.2) is 9.37 Å². The lowest BCUT2D eigenvalue weighted by molar-refractivity contribution is -0.0521. The van der Waals surface area contributed by atoms with Crippen molar-refractivity contribution in [3.8, 4) is 5.75 Å². The Morgan fingerprint density at radius 2 is 2.10 bits per heavy atom. The third-order valence-electron chi connectivity index (χ3n) is 2.71. The molecule has 1 atom stereocenters. The van der Waals surface area contributed by atoms with Crippen LogP contribution in [-0.4, -0.2) is 11.6 Å². The van der Waals surface area contributed by atoms with Crippen LogP contribution in [0.1, 0.15) is 23.5 Å². The number of aryl methyl sites for hydroxylation is 1. The molecule has 2 aromatic rings. The van der Waals surface area contributed by atoms with Crippen molar-refractivity contribution in [3.63, 3.8) is 0 Å². The Bertz CT molecular complexity index is 589. The van der Waals surface area contributed by atoms with Crippen molar-refractivity contribution in [2.45, 2.75) is 26.5 Å². The SMILES string of the molecule is Cc1ncsc1C(C)Nc1ccc(OC(F)F)c(F)c1. The van der Waals surface area contributed by atoms with Gasteiger partial charge in [-0.2, -0.15) is 8.78 Å². The minimum atomic E-state index is -3.04. The molecule has 0 radical (unpaired) electrons. The first-order chi connectivity index (χ1) is 9.47. The molecule has 0 aliphatic rings. The monoisotopic (exact) mass is 302 g/mol. The Balaban J connectivity index is 2.11. The molecule has 0 amide bonds. The van der Waals surface area contributed by atoms with Crippen LogP contribution in [-0.2, 0) is 0 Å². The summed E-state index contributed by atoms with van der Waals surface area (Å²) < 4.78 is 41.7. The number of nitrogens with one attached hydrogen (secondary N) is 1. The minimum Gasteiger partial charge on any atom is -0.432 e. The van der Waals surface area contributed by atoms with E-state index in [4.69, 9.17) is 0 Å². The number of thiazole rings is 1. The van der Waals surface area contributed by atoms with Crippen molar-refractivity contribution >= 4 is 17.0 Å². The summed E-state index contributed by atoms with van der Waals surface area (Å²) in [7, 11) is 0. The number of alkyl halides is 2. The van der Waals surface area contributed by atoms with Crippen LogP contribution in [0.25, 0.3) is 0 Å². The van der Waals surface area contributed by atoms with Gasteiger partial charge in [-0.05, 0) is 26.0 Å². The van der Waals surface area contributed by atoms with Crippen LogP contribution < -0.4 is 10.1 Å². The lowest BCUT2D eigenvalue weighted by Gasteiger charge is -2.15. The fourth-order valence-corrected chi connectivity index (χ4v) is 2.63. The average molecular weight is 302 g/mol. The molecule has 2 rings (SSSR count). The zero-order chi connectivity index (χ0) is 14.7. The summed E-state index contributed by atoms with van der Waals surface area (Å²) in [6.07, 6.45) is 0. The van der Waals surface area contributed by atoms with Gasteiger partial charge in [-0.3, -0.25) is 0 Å². The van der Waals surface area contributed by atoms with E-state index in [-0.39, 0.29) is 6.04 Å². The van der Waals surface area contributed by atoms with Gasteiger partial charge in [0.2, 0.25) is 0 Å². The van der Waals surface area contributed by atoms with Crippen LogP contribution >= 0.6 is 11.3 Å². The molecule has 0 fully saturated rings. The molecule has 1 heterocycles. The lowest BCUT2D eigenvalue weighted by atomic mass is 10.2. The third-order valence-corrected chi connectivity index (χ3v) is 3.82. The molecule has 1 unspecified atom stereocenters. The third kappa shape index (κ3) is 3.41. The number of aromatic nitrogens is 1. The largest absolute Gasteiger partial charge is 0.432 e. The van der Waals surface area contributed by atoms with Crippen LogP contribution in [0, 0.1) is 12.7 Å². The van der Waals surface area contributed by atoms with Crippen LogP contribution in [0.15, 0.2) is 23.7 Å². The van der Waals surface area contributed by atoms with E-state index in [1.165, 1.54) is 23.5 Å². The van der Waals surface area contributed by atoms with E-state index in [2.05, 4.69) is 15.0 Å². The van der Waals surface area contributed by atoms with Crippen LogP contribution in [0.2, 0.25) is 0 Å². The van der Waals surface area contributed by atoms with Crippen molar-refractivity contribution in [2.24, 2.45) is 0 Å². The summed E-state index contributed by atoms with van der Waals surface area (Å²) in [6.45, 7) is 0.772. The predicted molar refractivity (Wildman–Crippen MR) is 71.9 cm³/mol. The lowest BCUT2D eigenvalue weighted by Crippen LogP contribution is -2.08. The quantitative estimate of drug-likeness (QED) is 0.890. The first-order valence-electron chi connectivity index (χ1n) is 5.88. The highest BCUT2D eigenvalue weighted by molar-refractivity contribution is 7.09. The summed E-state index contributed by atoms with van der Waals surface area (Å²) in [6, 6.07) is 3.75. The Hall–Kier alpha value is -1.76. The molecule has 0 aliphatic carbocycles. The van der Waals surface area contributed by atoms with E-state index in [1.54, 1.807) is 5.51 Å². The van der Waals surface area contributed by atoms with Crippen LogP contribution in [0.4, 0.5) is 18.9 Å². The van der Waals surface area contributed by atoms with Gasteiger partial charge in [-0.15, -0.1) is 11.3 Å². The molecule has 0 bridgehead atoms. The van der Waals surface area contributed by atoms with Crippen molar-refractivity contribution in [2.75, 3.05) is 5.32 Å². The maximum atomic E-state index is 13.6. The van der Waals surface area contributed by atoms with Gasteiger partial charge in [0.25, 0.3) is 0 Å². The van der Waals surface area contributed by atoms with Gasteiger partial charge in [0, 0.05) is 16.6 Å². The highest BCUT2D eigenvalue weighted by atomic mass is 32.1. The highest BCUT2D eigenvalue weighted by Crippen LogP contribution is 2.28. The van der Waals surface area contributed by atoms with Gasteiger partial charge < -0.3 is 10.1 Å². The summed E-state index contributed by atoms with van der Waals surface area (Å²) in [5, 5.41) is 3.09. The van der Waals surface area contributed by atoms with Gasteiger partial charge in [0.1, 0.15) is 0 Å². The molecule has 1 aromatic carbocycles. The zero-order valence-corrected chi connectivity index (χ0v) is 11.7. The predicted octanol–water partition coefficient (Wildman–Crippen LogP) is 4.37. The maximum Gasteiger partial charge on any atom is 0.387 e. The van der Waals surface area contributed by atoms with Crippen molar-refractivity contribution in [3.05, 3.63) is 40.1 Å². The van der Waals surface area contributed by atoms with Crippen LogP contribution in [0.3, 0.4) is 0 Å². The van der Waals surface area contributed by atoms with Gasteiger partial charge in [-0.1, -0.05) is 0 Å². The van der Waals surface area contributed by atoms with Gasteiger partial charge in [0.05, 0.1) is 17.2 Å². The van der Waals surface area contributed by atoms with Crippen molar-refractivity contribution in [1.82, 2.24) is 4.98 Å². The standard InChI is InChI=1S/C13H13F3N2OS/c1-7-12(20-6-17-7)8(2)18-9-3-4-11(10(14)5-9)19-13(15)16/h3-6,8,13,18H,1-2H3. The molecule has 3 nitrogen and oxygen atoms in total. The van der Waals surface area contributed by atoms with Crippen molar-refractivity contribution < 1.29 is 17.9 Å². The molecule has 0 saturated carbocycles. The summed E-state index contributed by atoms with van der Waals surface area (Å²) in [5.74, 6) is -1.30. The van der Waals surface area contributed by atoms with Gasteiger partial charge in [0.15, 0.2) is 11.6 Å². The summed E-state index contributed by atoms with van der Waals surface area (Å²) >= 11 is 1.50. The second-order valence-electron chi connectivity index (χ2n) is 4.19. The van der Waals surface area contributed by atoms with E-state index < -0.39 is 18.2 Å². The number of anilines is 1. The molecular formula is C13H13F3N2OS.